The highest BCUT2D eigenvalue weighted by atomic mass is 32.2. The zero-order valence-corrected chi connectivity index (χ0v) is 11.5. The van der Waals surface area contributed by atoms with E-state index in [1.54, 1.807) is 11.8 Å². The summed E-state index contributed by atoms with van der Waals surface area (Å²) in [7, 11) is 0. The molecule has 0 saturated carbocycles. The van der Waals surface area contributed by atoms with Crippen LogP contribution in [0, 0.1) is 0 Å². The Hall–Kier alpha value is -1.01. The molecular formula is C14H19NO3S. The van der Waals surface area contributed by atoms with Crippen LogP contribution >= 0.6 is 11.8 Å². The molecule has 104 valence electrons. The van der Waals surface area contributed by atoms with Gasteiger partial charge in [-0.05, 0) is 36.6 Å². The molecule has 0 radical (unpaired) electrons. The molecule has 0 spiro atoms. The van der Waals surface area contributed by atoms with E-state index in [9.17, 15) is 5.11 Å². The van der Waals surface area contributed by atoms with E-state index < -0.39 is 0 Å². The first kappa shape index (κ1) is 14.4. The Morgan fingerprint density at radius 1 is 1.11 bits per heavy atom. The minimum Gasteiger partial charge on any atom is -0.396 e. The van der Waals surface area contributed by atoms with E-state index in [1.807, 2.05) is 12.1 Å². The molecule has 0 aliphatic carbocycles. The Labute approximate surface area is 116 Å². The van der Waals surface area contributed by atoms with Crippen molar-refractivity contribution in [2.45, 2.75) is 24.3 Å². The molecule has 0 atom stereocenters. The van der Waals surface area contributed by atoms with Gasteiger partial charge in [-0.2, -0.15) is 0 Å². The average molecular weight is 281 g/mol. The van der Waals surface area contributed by atoms with Crippen LogP contribution in [-0.4, -0.2) is 39.3 Å². The second-order valence-corrected chi connectivity index (χ2v) is 5.52. The first-order valence-electron chi connectivity index (χ1n) is 6.39. The van der Waals surface area contributed by atoms with Crippen molar-refractivity contribution in [3.05, 3.63) is 29.5 Å². The van der Waals surface area contributed by atoms with Gasteiger partial charge in [0.2, 0.25) is 0 Å². The molecule has 1 heterocycles. The van der Waals surface area contributed by atoms with E-state index in [1.165, 1.54) is 0 Å². The van der Waals surface area contributed by atoms with Crippen LogP contribution < -0.4 is 0 Å². The highest BCUT2D eigenvalue weighted by Gasteiger charge is 2.11. The van der Waals surface area contributed by atoms with Gasteiger partial charge >= 0.3 is 0 Å². The van der Waals surface area contributed by atoms with Crippen molar-refractivity contribution in [3.63, 3.8) is 0 Å². The molecule has 0 aliphatic heterocycles. The number of aromatic amines is 1. The third kappa shape index (κ3) is 3.30. The minimum atomic E-state index is -0.0193. The van der Waals surface area contributed by atoms with Crippen molar-refractivity contribution in [2.24, 2.45) is 0 Å². The van der Waals surface area contributed by atoms with Crippen LogP contribution in [0.4, 0.5) is 0 Å². The largest absolute Gasteiger partial charge is 0.396 e. The maximum Gasteiger partial charge on any atom is 0.0834 e. The van der Waals surface area contributed by atoms with Gasteiger partial charge in [0.15, 0.2) is 0 Å². The van der Waals surface area contributed by atoms with Crippen LogP contribution in [-0.2, 0) is 13.0 Å². The molecule has 0 amide bonds. The van der Waals surface area contributed by atoms with E-state index >= 15 is 0 Å². The first-order chi connectivity index (χ1) is 9.30. The Balaban J connectivity index is 2.36. The SMILES string of the molecule is OCCCc1c(CO)[nH]c2ccc(SCCO)cc12. The fourth-order valence-corrected chi connectivity index (χ4v) is 2.90. The fourth-order valence-electron chi connectivity index (χ4n) is 2.21. The molecule has 0 saturated heterocycles. The van der Waals surface area contributed by atoms with Crippen LogP contribution in [0.25, 0.3) is 10.9 Å². The molecule has 0 bridgehead atoms. The van der Waals surface area contributed by atoms with Gasteiger partial charge in [-0.1, -0.05) is 0 Å². The second-order valence-electron chi connectivity index (χ2n) is 4.35. The molecule has 19 heavy (non-hydrogen) atoms. The number of aliphatic hydroxyl groups is 3. The quantitative estimate of drug-likeness (QED) is 0.582. The second kappa shape index (κ2) is 6.96. The number of rotatable bonds is 7. The predicted octanol–water partition coefficient (Wildman–Crippen LogP) is 1.67. The number of aromatic nitrogens is 1. The van der Waals surface area contributed by atoms with Gasteiger partial charge in [0.25, 0.3) is 0 Å². The topological polar surface area (TPSA) is 76.5 Å². The summed E-state index contributed by atoms with van der Waals surface area (Å²) in [4.78, 5) is 4.32. The smallest absolute Gasteiger partial charge is 0.0834 e. The summed E-state index contributed by atoms with van der Waals surface area (Å²) in [5, 5.41) is 28.3. The van der Waals surface area contributed by atoms with Crippen molar-refractivity contribution in [1.29, 1.82) is 0 Å². The standard InChI is InChI=1S/C14H19NO3S/c16-5-1-2-11-12-8-10(19-7-6-17)3-4-13(12)15-14(11)9-18/h3-4,8,15-18H,1-2,5-7,9H2. The Kier molecular flexibility index (Phi) is 5.27. The lowest BCUT2D eigenvalue weighted by Gasteiger charge is -2.03. The Bertz CT molecular complexity index is 539. The number of fused-ring (bicyclic) bond motifs is 1. The number of benzene rings is 1. The molecule has 0 aliphatic rings. The molecule has 1 aromatic carbocycles. The summed E-state index contributed by atoms with van der Waals surface area (Å²) in [5.74, 6) is 0.675. The van der Waals surface area contributed by atoms with Crippen LogP contribution in [0.1, 0.15) is 17.7 Å². The third-order valence-electron chi connectivity index (χ3n) is 3.07. The molecule has 2 rings (SSSR count). The fraction of sp³-hybridized carbons (Fsp3) is 0.429. The summed E-state index contributed by atoms with van der Waals surface area (Å²) in [6.45, 7) is 0.292. The average Bonchev–Trinajstić information content (AvgIpc) is 2.79. The maximum atomic E-state index is 9.40. The highest BCUT2D eigenvalue weighted by Crippen LogP contribution is 2.28. The molecular weight excluding hydrogens is 262 g/mol. The van der Waals surface area contributed by atoms with E-state index in [0.717, 1.165) is 33.5 Å². The van der Waals surface area contributed by atoms with Gasteiger partial charge < -0.3 is 20.3 Å². The van der Waals surface area contributed by atoms with Crippen molar-refractivity contribution >= 4 is 22.7 Å². The first-order valence-corrected chi connectivity index (χ1v) is 7.37. The molecule has 2 aromatic rings. The van der Waals surface area contributed by atoms with E-state index in [-0.39, 0.29) is 19.8 Å². The van der Waals surface area contributed by atoms with Gasteiger partial charge in [-0.15, -0.1) is 11.8 Å². The van der Waals surface area contributed by atoms with E-state index in [2.05, 4.69) is 11.1 Å². The number of H-pyrrole nitrogens is 1. The monoisotopic (exact) mass is 281 g/mol. The molecule has 0 fully saturated rings. The number of nitrogens with one attached hydrogen (secondary N) is 1. The van der Waals surface area contributed by atoms with Gasteiger partial charge in [-0.25, -0.2) is 0 Å². The predicted molar refractivity (Wildman–Crippen MR) is 77.4 cm³/mol. The molecule has 1 aromatic heterocycles. The highest BCUT2D eigenvalue weighted by molar-refractivity contribution is 7.99. The van der Waals surface area contributed by atoms with Crippen LogP contribution in [0.15, 0.2) is 23.1 Å². The van der Waals surface area contributed by atoms with Gasteiger partial charge in [0, 0.05) is 33.9 Å². The summed E-state index contributed by atoms with van der Waals surface area (Å²) in [6, 6.07) is 6.09. The number of aryl methyl sites for hydroxylation is 1. The number of thioether (sulfide) groups is 1. The summed E-state index contributed by atoms with van der Waals surface area (Å²) >= 11 is 1.61. The number of hydrogen-bond acceptors (Lipinski definition) is 4. The van der Waals surface area contributed by atoms with Crippen LogP contribution in [0.2, 0.25) is 0 Å². The van der Waals surface area contributed by atoms with Gasteiger partial charge in [0.1, 0.15) is 0 Å². The maximum absolute atomic E-state index is 9.40. The molecule has 4 N–H and O–H groups in total. The summed E-state index contributed by atoms with van der Waals surface area (Å²) < 4.78 is 0. The van der Waals surface area contributed by atoms with Crippen LogP contribution in [0.5, 0.6) is 0 Å². The summed E-state index contributed by atoms with van der Waals surface area (Å²) in [6.07, 6.45) is 1.44. The van der Waals surface area contributed by atoms with Crippen molar-refractivity contribution in [2.75, 3.05) is 19.0 Å². The lowest BCUT2D eigenvalue weighted by molar-refractivity contribution is 0.273. The van der Waals surface area contributed by atoms with Crippen molar-refractivity contribution in [3.8, 4) is 0 Å². The normalized spacial score (nSPS) is 11.3. The molecule has 4 nitrogen and oxygen atoms in total. The van der Waals surface area contributed by atoms with E-state index in [4.69, 9.17) is 10.2 Å². The third-order valence-corrected chi connectivity index (χ3v) is 4.04. The lowest BCUT2D eigenvalue weighted by atomic mass is 10.1. The zero-order valence-electron chi connectivity index (χ0n) is 10.7. The zero-order chi connectivity index (χ0) is 13.7. The molecule has 5 heteroatoms. The molecule has 0 unspecified atom stereocenters. The minimum absolute atomic E-state index is 0.0193. The van der Waals surface area contributed by atoms with E-state index in [0.29, 0.717) is 12.2 Å². The van der Waals surface area contributed by atoms with Crippen molar-refractivity contribution in [1.82, 2.24) is 4.98 Å². The number of aliphatic hydroxyl groups excluding tert-OH is 3. The Morgan fingerprint density at radius 2 is 1.95 bits per heavy atom. The van der Waals surface area contributed by atoms with Crippen molar-refractivity contribution < 1.29 is 15.3 Å². The lowest BCUT2D eigenvalue weighted by Crippen LogP contribution is -1.94. The Morgan fingerprint density at radius 3 is 2.63 bits per heavy atom. The van der Waals surface area contributed by atoms with Gasteiger partial charge in [-0.3, -0.25) is 0 Å². The van der Waals surface area contributed by atoms with Gasteiger partial charge in [0.05, 0.1) is 13.2 Å². The van der Waals surface area contributed by atoms with Crippen LogP contribution in [0.3, 0.4) is 0 Å². The summed E-state index contributed by atoms with van der Waals surface area (Å²) in [5.41, 5.74) is 2.91. The number of hydrogen-bond donors (Lipinski definition) is 4.